The predicted octanol–water partition coefficient (Wildman–Crippen LogP) is 3.94. The van der Waals surface area contributed by atoms with E-state index in [1.807, 2.05) is 24.3 Å². The number of hydrogen-bond donors (Lipinski definition) is 1. The average Bonchev–Trinajstić information content (AvgIpc) is 2.92. The highest BCUT2D eigenvalue weighted by Gasteiger charge is 2.24. The Hall–Kier alpha value is -2.23. The van der Waals surface area contributed by atoms with Gasteiger partial charge in [0, 0.05) is 11.8 Å². The van der Waals surface area contributed by atoms with Gasteiger partial charge in [-0.1, -0.05) is 12.1 Å². The zero-order valence-electron chi connectivity index (χ0n) is 12.2. The van der Waals surface area contributed by atoms with Crippen molar-refractivity contribution in [1.82, 2.24) is 0 Å². The maximum atomic E-state index is 13.8. The molecule has 1 N–H and O–H groups in total. The van der Waals surface area contributed by atoms with E-state index >= 15 is 0 Å². The number of nitrogens with one attached hydrogen (secondary N) is 1. The molecule has 1 unspecified atom stereocenters. The fraction of sp³-hybridized carbons (Fsp3) is 0.294. The second-order valence-corrected chi connectivity index (χ2v) is 5.11. The Balaban J connectivity index is 1.85. The molecule has 0 aliphatic heterocycles. The summed E-state index contributed by atoms with van der Waals surface area (Å²) in [4.78, 5) is 0. The van der Waals surface area contributed by atoms with Crippen molar-refractivity contribution in [2.45, 2.75) is 18.9 Å². The highest BCUT2D eigenvalue weighted by molar-refractivity contribution is 5.56. The molecule has 0 radical (unpaired) electrons. The van der Waals surface area contributed by atoms with Crippen LogP contribution in [-0.4, -0.2) is 14.2 Å². The van der Waals surface area contributed by atoms with Crippen LogP contribution < -0.4 is 14.8 Å². The van der Waals surface area contributed by atoms with Crippen LogP contribution in [0.3, 0.4) is 0 Å². The van der Waals surface area contributed by atoms with Crippen molar-refractivity contribution in [3.05, 3.63) is 53.3 Å². The summed E-state index contributed by atoms with van der Waals surface area (Å²) >= 11 is 0. The molecule has 0 heterocycles. The topological polar surface area (TPSA) is 30.5 Å². The van der Waals surface area contributed by atoms with Crippen LogP contribution in [0.2, 0.25) is 0 Å². The molecule has 2 aromatic rings. The van der Waals surface area contributed by atoms with Crippen LogP contribution >= 0.6 is 0 Å². The van der Waals surface area contributed by atoms with Crippen LogP contribution in [0, 0.1) is 5.82 Å². The minimum atomic E-state index is -0.107. The van der Waals surface area contributed by atoms with E-state index in [-0.39, 0.29) is 11.9 Å². The number of rotatable bonds is 4. The molecular weight excluding hydrogens is 269 g/mol. The zero-order valence-corrected chi connectivity index (χ0v) is 12.2. The lowest BCUT2D eigenvalue weighted by molar-refractivity contribution is 0.355. The molecule has 1 atom stereocenters. The predicted molar refractivity (Wildman–Crippen MR) is 80.6 cm³/mol. The summed E-state index contributed by atoms with van der Waals surface area (Å²) in [6.07, 6.45) is 1.66. The molecule has 0 spiro atoms. The van der Waals surface area contributed by atoms with Crippen molar-refractivity contribution in [2.24, 2.45) is 0 Å². The van der Waals surface area contributed by atoms with Gasteiger partial charge in [0.15, 0.2) is 11.5 Å². The van der Waals surface area contributed by atoms with E-state index in [1.54, 1.807) is 20.3 Å². The molecule has 0 aromatic heterocycles. The lowest BCUT2D eigenvalue weighted by Gasteiger charge is -2.17. The van der Waals surface area contributed by atoms with Crippen molar-refractivity contribution in [1.29, 1.82) is 0 Å². The normalized spacial score (nSPS) is 16.4. The van der Waals surface area contributed by atoms with Crippen molar-refractivity contribution in [3.63, 3.8) is 0 Å². The summed E-state index contributed by atoms with van der Waals surface area (Å²) in [5.41, 5.74) is 2.81. The standard InChI is InChI=1S/C17H18FNO2/c1-20-16-9-6-11(10-17(16)21-2)19-15-8-7-12-13(15)4-3-5-14(12)18/h3-6,9-10,15,19H,7-8H2,1-2H3. The molecule has 0 saturated carbocycles. The lowest BCUT2D eigenvalue weighted by atomic mass is 10.1. The zero-order chi connectivity index (χ0) is 14.8. The summed E-state index contributed by atoms with van der Waals surface area (Å²) in [6.45, 7) is 0. The Morgan fingerprint density at radius 3 is 2.67 bits per heavy atom. The van der Waals surface area contributed by atoms with Gasteiger partial charge in [-0.3, -0.25) is 0 Å². The summed E-state index contributed by atoms with van der Waals surface area (Å²) < 4.78 is 24.3. The SMILES string of the molecule is COc1ccc(NC2CCc3c(F)cccc32)cc1OC. The van der Waals surface area contributed by atoms with Gasteiger partial charge in [0.25, 0.3) is 0 Å². The fourth-order valence-electron chi connectivity index (χ4n) is 2.89. The molecule has 3 nitrogen and oxygen atoms in total. The van der Waals surface area contributed by atoms with Gasteiger partial charge in [-0.05, 0) is 42.2 Å². The highest BCUT2D eigenvalue weighted by Crippen LogP contribution is 2.37. The molecule has 1 aliphatic carbocycles. The van der Waals surface area contributed by atoms with E-state index < -0.39 is 0 Å². The number of benzene rings is 2. The molecule has 3 rings (SSSR count). The number of hydrogen-bond acceptors (Lipinski definition) is 3. The van der Waals surface area contributed by atoms with Crippen LogP contribution in [0.25, 0.3) is 0 Å². The van der Waals surface area contributed by atoms with E-state index in [1.165, 1.54) is 6.07 Å². The smallest absolute Gasteiger partial charge is 0.162 e. The fourth-order valence-corrected chi connectivity index (χ4v) is 2.89. The first-order chi connectivity index (χ1) is 10.2. The molecule has 0 saturated heterocycles. The van der Waals surface area contributed by atoms with Crippen molar-refractivity contribution >= 4 is 5.69 Å². The van der Waals surface area contributed by atoms with Gasteiger partial charge in [0.2, 0.25) is 0 Å². The van der Waals surface area contributed by atoms with Crippen LogP contribution in [0.1, 0.15) is 23.6 Å². The van der Waals surface area contributed by atoms with Crippen molar-refractivity contribution in [2.75, 3.05) is 19.5 Å². The second-order valence-electron chi connectivity index (χ2n) is 5.11. The van der Waals surface area contributed by atoms with Crippen LogP contribution in [-0.2, 0) is 6.42 Å². The third-order valence-electron chi connectivity index (χ3n) is 3.94. The Morgan fingerprint density at radius 1 is 1.10 bits per heavy atom. The number of fused-ring (bicyclic) bond motifs is 1. The number of anilines is 1. The van der Waals surface area contributed by atoms with Gasteiger partial charge in [-0.2, -0.15) is 0 Å². The van der Waals surface area contributed by atoms with Gasteiger partial charge in [-0.15, -0.1) is 0 Å². The Labute approximate surface area is 123 Å². The van der Waals surface area contributed by atoms with Crippen molar-refractivity contribution < 1.29 is 13.9 Å². The molecule has 0 amide bonds. The quantitative estimate of drug-likeness (QED) is 0.924. The average molecular weight is 287 g/mol. The Kier molecular flexibility index (Phi) is 3.69. The number of halogens is 1. The lowest BCUT2D eigenvalue weighted by Crippen LogP contribution is -2.07. The minimum Gasteiger partial charge on any atom is -0.493 e. The third-order valence-corrected chi connectivity index (χ3v) is 3.94. The van der Waals surface area contributed by atoms with Crippen LogP contribution in [0.4, 0.5) is 10.1 Å². The first-order valence-corrected chi connectivity index (χ1v) is 6.98. The monoisotopic (exact) mass is 287 g/mol. The van der Waals surface area contributed by atoms with E-state index in [0.717, 1.165) is 29.7 Å². The molecule has 0 bridgehead atoms. The highest BCUT2D eigenvalue weighted by atomic mass is 19.1. The number of ether oxygens (including phenoxy) is 2. The van der Waals surface area contributed by atoms with Gasteiger partial charge < -0.3 is 14.8 Å². The first-order valence-electron chi connectivity index (χ1n) is 6.98. The summed E-state index contributed by atoms with van der Waals surface area (Å²) in [5.74, 6) is 1.27. The molecule has 110 valence electrons. The summed E-state index contributed by atoms with van der Waals surface area (Å²) in [5, 5.41) is 3.45. The van der Waals surface area contributed by atoms with Gasteiger partial charge in [-0.25, -0.2) is 4.39 Å². The number of methoxy groups -OCH3 is 2. The maximum Gasteiger partial charge on any atom is 0.162 e. The van der Waals surface area contributed by atoms with E-state index in [9.17, 15) is 4.39 Å². The summed E-state index contributed by atoms with van der Waals surface area (Å²) in [7, 11) is 3.23. The first kappa shape index (κ1) is 13.7. The second kappa shape index (κ2) is 5.64. The molecule has 1 aliphatic rings. The van der Waals surface area contributed by atoms with E-state index in [0.29, 0.717) is 11.5 Å². The Morgan fingerprint density at radius 2 is 1.90 bits per heavy atom. The van der Waals surface area contributed by atoms with Gasteiger partial charge in [0.1, 0.15) is 5.82 Å². The molecule has 2 aromatic carbocycles. The van der Waals surface area contributed by atoms with Gasteiger partial charge in [0.05, 0.1) is 20.3 Å². The van der Waals surface area contributed by atoms with Crippen molar-refractivity contribution in [3.8, 4) is 11.5 Å². The Bertz CT molecular complexity index is 657. The third kappa shape index (κ3) is 2.53. The molecule has 21 heavy (non-hydrogen) atoms. The maximum absolute atomic E-state index is 13.8. The molecule has 4 heteroatoms. The minimum absolute atomic E-state index is 0.107. The van der Waals surface area contributed by atoms with E-state index in [2.05, 4.69) is 5.32 Å². The molecular formula is C17H18FNO2. The molecule has 0 fully saturated rings. The summed E-state index contributed by atoms with van der Waals surface area (Å²) in [6, 6.07) is 11.1. The van der Waals surface area contributed by atoms with Gasteiger partial charge >= 0.3 is 0 Å². The largest absolute Gasteiger partial charge is 0.493 e. The van der Waals surface area contributed by atoms with E-state index in [4.69, 9.17) is 9.47 Å². The van der Waals surface area contributed by atoms with Crippen LogP contribution in [0.5, 0.6) is 11.5 Å². The van der Waals surface area contributed by atoms with Crippen LogP contribution in [0.15, 0.2) is 36.4 Å².